The van der Waals surface area contributed by atoms with Crippen molar-refractivity contribution in [1.29, 1.82) is 0 Å². The molecule has 152 valence electrons. The van der Waals surface area contributed by atoms with Crippen molar-refractivity contribution < 1.29 is 23.1 Å². The number of carbonyl (C=O) groups is 1. The molecule has 0 spiro atoms. The Hall–Kier alpha value is -4.00. The van der Waals surface area contributed by atoms with E-state index >= 15 is 0 Å². The second-order valence-electron chi connectivity index (χ2n) is 6.42. The maximum absolute atomic E-state index is 12.9. The highest BCUT2D eigenvalue weighted by molar-refractivity contribution is 5.97. The molecule has 0 atom stereocenters. The Balaban J connectivity index is 1.83. The maximum atomic E-state index is 12.9. The van der Waals surface area contributed by atoms with E-state index in [0.29, 0.717) is 34.1 Å². The van der Waals surface area contributed by atoms with Gasteiger partial charge in [-0.15, -0.1) is 0 Å². The highest BCUT2D eigenvalue weighted by Crippen LogP contribution is 2.25. The molecule has 0 aliphatic heterocycles. The molecule has 0 fully saturated rings. The molecule has 0 aliphatic rings. The number of nitrogens with one attached hydrogen (secondary N) is 1. The van der Waals surface area contributed by atoms with E-state index in [1.165, 1.54) is 0 Å². The van der Waals surface area contributed by atoms with E-state index < -0.39 is 0 Å². The van der Waals surface area contributed by atoms with Crippen LogP contribution in [0.4, 0.5) is 5.69 Å². The Bertz CT molecular complexity index is 1240. The van der Waals surface area contributed by atoms with Crippen molar-refractivity contribution in [3.63, 3.8) is 0 Å². The lowest BCUT2D eigenvalue weighted by Gasteiger charge is -2.08. The molecule has 0 saturated carbocycles. The van der Waals surface area contributed by atoms with Gasteiger partial charge in [-0.2, -0.15) is 0 Å². The zero-order valence-electron chi connectivity index (χ0n) is 16.5. The van der Waals surface area contributed by atoms with Crippen LogP contribution in [0, 0.1) is 0 Å². The van der Waals surface area contributed by atoms with Gasteiger partial charge in [0.25, 0.3) is 5.91 Å². The van der Waals surface area contributed by atoms with Gasteiger partial charge in [-0.25, -0.2) is 4.99 Å². The first-order chi connectivity index (χ1) is 14.7. The van der Waals surface area contributed by atoms with Crippen LogP contribution in [0.1, 0.15) is 16.1 Å². The minimum absolute atomic E-state index is 0.164. The Morgan fingerprint density at radius 1 is 1.03 bits per heavy atom. The Morgan fingerprint density at radius 2 is 1.90 bits per heavy atom. The van der Waals surface area contributed by atoms with E-state index in [-0.39, 0.29) is 18.0 Å². The molecule has 0 bridgehead atoms. The molecule has 0 saturated heterocycles. The van der Waals surface area contributed by atoms with Gasteiger partial charge in [0, 0.05) is 11.5 Å². The standard InChI is InChI=1S/C23H20N2O5/c1-27-17-8-4-7-16(13-17)25-23-19(22(26)24-14-18-9-5-11-29-18)12-15-6-3-10-20(28-2)21(15)30-23/h3-13H,14H2,1-2H3,(H,24,26). The molecule has 4 aromatic rings. The molecule has 0 radical (unpaired) electrons. The van der Waals surface area contributed by atoms with E-state index in [9.17, 15) is 4.79 Å². The van der Waals surface area contributed by atoms with Crippen LogP contribution < -0.4 is 20.3 Å². The summed E-state index contributed by atoms with van der Waals surface area (Å²) in [6.07, 6.45) is 1.56. The van der Waals surface area contributed by atoms with Crippen LogP contribution in [-0.4, -0.2) is 20.1 Å². The van der Waals surface area contributed by atoms with Crippen molar-refractivity contribution >= 4 is 22.6 Å². The van der Waals surface area contributed by atoms with Gasteiger partial charge in [0.15, 0.2) is 11.3 Å². The van der Waals surface area contributed by atoms with E-state index in [1.54, 1.807) is 56.9 Å². The predicted octanol–water partition coefficient (Wildman–Crippen LogP) is 4.21. The molecule has 2 heterocycles. The molecule has 0 aliphatic carbocycles. The van der Waals surface area contributed by atoms with Gasteiger partial charge in [0.2, 0.25) is 5.55 Å². The minimum atomic E-state index is -0.332. The summed E-state index contributed by atoms with van der Waals surface area (Å²) in [7, 11) is 3.14. The summed E-state index contributed by atoms with van der Waals surface area (Å²) in [4.78, 5) is 17.5. The average molecular weight is 404 g/mol. The highest BCUT2D eigenvalue weighted by Gasteiger charge is 2.15. The van der Waals surface area contributed by atoms with Crippen LogP contribution in [-0.2, 0) is 6.54 Å². The zero-order valence-corrected chi connectivity index (χ0v) is 16.5. The van der Waals surface area contributed by atoms with Crippen LogP contribution >= 0.6 is 0 Å². The molecule has 7 heteroatoms. The number of nitrogens with zero attached hydrogens (tertiary/aromatic N) is 1. The topological polar surface area (TPSA) is 86.2 Å². The largest absolute Gasteiger partial charge is 0.497 e. The fraction of sp³-hybridized carbons (Fsp3) is 0.130. The normalized spacial score (nSPS) is 11.5. The summed E-state index contributed by atoms with van der Waals surface area (Å²) in [6.45, 7) is 0.251. The number of hydrogen-bond acceptors (Lipinski definition) is 6. The second-order valence-corrected chi connectivity index (χ2v) is 6.42. The third kappa shape index (κ3) is 4.05. The molecule has 4 rings (SSSR count). The van der Waals surface area contributed by atoms with E-state index in [4.69, 9.17) is 18.3 Å². The molecule has 1 N–H and O–H groups in total. The van der Waals surface area contributed by atoms with E-state index in [0.717, 1.165) is 5.39 Å². The smallest absolute Gasteiger partial charge is 0.257 e. The number of hydrogen-bond donors (Lipinski definition) is 1. The van der Waals surface area contributed by atoms with Crippen LogP contribution in [0.3, 0.4) is 0 Å². The Labute approximate surface area is 172 Å². The summed E-state index contributed by atoms with van der Waals surface area (Å²) < 4.78 is 22.0. The highest BCUT2D eigenvalue weighted by atomic mass is 16.5. The molecular weight excluding hydrogens is 384 g/mol. The summed E-state index contributed by atoms with van der Waals surface area (Å²) in [5.74, 6) is 1.52. The third-order valence-electron chi connectivity index (χ3n) is 4.49. The van der Waals surface area contributed by atoms with Crippen molar-refractivity contribution in [2.24, 2.45) is 4.99 Å². The molecule has 7 nitrogen and oxygen atoms in total. The lowest BCUT2D eigenvalue weighted by molar-refractivity contribution is 0.0944. The molecule has 1 amide bonds. The first-order valence-electron chi connectivity index (χ1n) is 9.28. The molecule has 30 heavy (non-hydrogen) atoms. The number of rotatable bonds is 6. The minimum Gasteiger partial charge on any atom is -0.497 e. The van der Waals surface area contributed by atoms with Gasteiger partial charge >= 0.3 is 0 Å². The van der Waals surface area contributed by atoms with Crippen molar-refractivity contribution in [3.8, 4) is 11.5 Å². The number of amides is 1. The van der Waals surface area contributed by atoms with Crippen LogP contribution in [0.15, 0.2) is 80.8 Å². The van der Waals surface area contributed by atoms with Crippen LogP contribution in [0.2, 0.25) is 0 Å². The third-order valence-corrected chi connectivity index (χ3v) is 4.49. The zero-order chi connectivity index (χ0) is 20.9. The van der Waals surface area contributed by atoms with E-state index in [2.05, 4.69) is 10.3 Å². The number of para-hydroxylation sites is 1. The quantitative estimate of drug-likeness (QED) is 0.520. The summed E-state index contributed by atoms with van der Waals surface area (Å²) in [5.41, 5.74) is 1.55. The van der Waals surface area contributed by atoms with Gasteiger partial charge in [0.05, 0.1) is 32.7 Å². The van der Waals surface area contributed by atoms with Gasteiger partial charge < -0.3 is 23.6 Å². The number of methoxy groups -OCH3 is 2. The monoisotopic (exact) mass is 404 g/mol. The fourth-order valence-corrected chi connectivity index (χ4v) is 3.00. The number of ether oxygens (including phenoxy) is 2. The second kappa shape index (κ2) is 8.57. The van der Waals surface area contributed by atoms with Gasteiger partial charge in [0.1, 0.15) is 17.1 Å². The van der Waals surface area contributed by atoms with Crippen molar-refractivity contribution in [2.75, 3.05) is 14.2 Å². The van der Waals surface area contributed by atoms with Gasteiger partial charge in [-0.3, -0.25) is 4.79 Å². The molecular formula is C23H20N2O5. The SMILES string of the molecule is COc1cccc(N=c2oc3c(OC)cccc3cc2C(=O)NCc2ccco2)c1. The van der Waals surface area contributed by atoms with Crippen molar-refractivity contribution in [2.45, 2.75) is 6.54 Å². The number of fused-ring (bicyclic) bond motifs is 1. The number of furan rings is 1. The summed E-state index contributed by atoms with van der Waals surface area (Å²) in [6, 6.07) is 17.9. The Kier molecular flexibility index (Phi) is 5.52. The van der Waals surface area contributed by atoms with Crippen LogP contribution in [0.25, 0.3) is 11.0 Å². The molecule has 2 aromatic heterocycles. The van der Waals surface area contributed by atoms with Crippen molar-refractivity contribution in [3.05, 3.63) is 83.8 Å². The number of benzene rings is 2. The first-order valence-corrected chi connectivity index (χ1v) is 9.28. The first kappa shape index (κ1) is 19.3. The van der Waals surface area contributed by atoms with Gasteiger partial charge in [-0.05, 0) is 36.4 Å². The lowest BCUT2D eigenvalue weighted by Crippen LogP contribution is -2.28. The average Bonchev–Trinajstić information content (AvgIpc) is 3.30. The Morgan fingerprint density at radius 3 is 2.67 bits per heavy atom. The number of carbonyl (C=O) groups excluding carboxylic acids is 1. The predicted molar refractivity (Wildman–Crippen MR) is 111 cm³/mol. The van der Waals surface area contributed by atoms with Gasteiger partial charge in [-0.1, -0.05) is 18.2 Å². The van der Waals surface area contributed by atoms with Crippen LogP contribution in [0.5, 0.6) is 11.5 Å². The molecule has 2 aromatic carbocycles. The fourth-order valence-electron chi connectivity index (χ4n) is 3.00. The molecule has 0 unspecified atom stereocenters. The lowest BCUT2D eigenvalue weighted by atomic mass is 10.1. The summed E-state index contributed by atoms with van der Waals surface area (Å²) in [5, 5.41) is 3.56. The maximum Gasteiger partial charge on any atom is 0.257 e. The summed E-state index contributed by atoms with van der Waals surface area (Å²) >= 11 is 0. The van der Waals surface area contributed by atoms with Crippen molar-refractivity contribution in [1.82, 2.24) is 5.32 Å². The van der Waals surface area contributed by atoms with E-state index in [1.807, 2.05) is 24.3 Å².